The molecule has 1 aromatic heterocycles. The molecule has 2 fully saturated rings. The van der Waals surface area contributed by atoms with Crippen molar-refractivity contribution in [3.05, 3.63) is 28.8 Å². The van der Waals surface area contributed by atoms with Gasteiger partial charge in [0, 0.05) is 24.4 Å². The van der Waals surface area contributed by atoms with Crippen LogP contribution in [0.4, 0.5) is 5.13 Å². The number of benzene rings is 1. The van der Waals surface area contributed by atoms with Gasteiger partial charge in [-0.3, -0.25) is 4.79 Å². The summed E-state index contributed by atoms with van der Waals surface area (Å²) in [4.78, 5) is 16.2. The van der Waals surface area contributed by atoms with Crippen molar-refractivity contribution in [1.82, 2.24) is 15.1 Å². The minimum absolute atomic E-state index is 0.0300. The Morgan fingerprint density at radius 1 is 1.26 bits per heavy atom. The van der Waals surface area contributed by atoms with Gasteiger partial charge in [-0.25, -0.2) is 0 Å². The molecule has 35 heavy (non-hydrogen) atoms. The predicted molar refractivity (Wildman–Crippen MR) is 131 cm³/mol. The molecule has 11 heteroatoms. The van der Waals surface area contributed by atoms with Gasteiger partial charge in [0.05, 0.1) is 32.9 Å². The van der Waals surface area contributed by atoms with E-state index in [4.69, 9.17) is 9.47 Å². The molecule has 4 rings (SSSR count). The Morgan fingerprint density at radius 2 is 2.00 bits per heavy atom. The zero-order valence-electron chi connectivity index (χ0n) is 20.5. The molecule has 0 aliphatic carbocycles. The molecule has 3 N–H and O–H groups in total. The van der Waals surface area contributed by atoms with Crippen LogP contribution in [0.1, 0.15) is 37.3 Å². The van der Waals surface area contributed by atoms with Gasteiger partial charge in [0.25, 0.3) is 5.91 Å². The van der Waals surface area contributed by atoms with Gasteiger partial charge >= 0.3 is 0 Å². The molecule has 1 amide bonds. The quantitative estimate of drug-likeness (QED) is 0.457. The highest BCUT2D eigenvalue weighted by atomic mass is 32.1. The monoisotopic (exact) mass is 506 g/mol. The number of aryl methyl sites for hydroxylation is 1. The van der Waals surface area contributed by atoms with E-state index in [0.717, 1.165) is 22.1 Å². The maximum absolute atomic E-state index is 12.6. The molecule has 0 saturated carbocycles. The van der Waals surface area contributed by atoms with Crippen LogP contribution in [0.2, 0.25) is 0 Å². The van der Waals surface area contributed by atoms with Gasteiger partial charge in [-0.05, 0) is 31.0 Å². The Balaban J connectivity index is 1.51. The van der Waals surface area contributed by atoms with E-state index in [0.29, 0.717) is 31.1 Å². The van der Waals surface area contributed by atoms with Gasteiger partial charge < -0.3 is 34.6 Å². The maximum atomic E-state index is 12.6. The standard InChI is InChI=1S/C24H34N4O6S/c1-5-21-25-26-23(35-21)27-9-16(10-27)34-20-8-15(6-7-19(20)33-4)17-11-28(22(32)18(31)12-29)13-24(17,3)14(2)30/h6-8,14,16-18,29-31H,5,9-13H2,1-4H3/t14-,17+,18+,24+/m1/s1. The second-order valence-electron chi connectivity index (χ2n) is 9.54. The fourth-order valence-electron chi connectivity index (χ4n) is 4.75. The van der Waals surface area contributed by atoms with Gasteiger partial charge in [0.15, 0.2) is 17.6 Å². The van der Waals surface area contributed by atoms with Crippen LogP contribution in [-0.4, -0.2) is 94.5 Å². The van der Waals surface area contributed by atoms with E-state index in [2.05, 4.69) is 22.0 Å². The van der Waals surface area contributed by atoms with Crippen molar-refractivity contribution >= 4 is 22.4 Å². The van der Waals surface area contributed by atoms with E-state index in [1.165, 1.54) is 4.90 Å². The Hall–Kier alpha value is -2.47. The largest absolute Gasteiger partial charge is 0.493 e. The van der Waals surface area contributed by atoms with Crippen molar-refractivity contribution in [2.45, 2.75) is 51.4 Å². The molecule has 10 nitrogen and oxygen atoms in total. The first-order valence-electron chi connectivity index (χ1n) is 11.9. The minimum Gasteiger partial charge on any atom is -0.493 e. The number of aromatic nitrogens is 2. The van der Waals surface area contributed by atoms with E-state index in [-0.39, 0.29) is 18.6 Å². The summed E-state index contributed by atoms with van der Waals surface area (Å²) in [6.07, 6.45) is -1.34. The predicted octanol–water partition coefficient (Wildman–Crippen LogP) is 1.04. The summed E-state index contributed by atoms with van der Waals surface area (Å²) in [7, 11) is 1.59. The molecule has 0 radical (unpaired) electrons. The van der Waals surface area contributed by atoms with Crippen molar-refractivity contribution in [1.29, 1.82) is 0 Å². The Bertz CT molecular complexity index is 1040. The fraction of sp³-hybridized carbons (Fsp3) is 0.625. The molecule has 0 bridgehead atoms. The minimum atomic E-state index is -1.47. The number of ether oxygens (including phenoxy) is 2. The molecule has 2 aromatic rings. The Morgan fingerprint density at radius 3 is 2.60 bits per heavy atom. The molecule has 2 saturated heterocycles. The van der Waals surface area contributed by atoms with Gasteiger partial charge in [-0.1, -0.05) is 31.3 Å². The van der Waals surface area contributed by atoms with E-state index >= 15 is 0 Å². The number of aliphatic hydroxyl groups excluding tert-OH is 3. The van der Waals surface area contributed by atoms with Gasteiger partial charge in [-0.2, -0.15) is 0 Å². The van der Waals surface area contributed by atoms with Crippen molar-refractivity contribution in [2.24, 2.45) is 5.41 Å². The third-order valence-corrected chi connectivity index (χ3v) is 8.34. The molecule has 0 unspecified atom stereocenters. The first-order valence-corrected chi connectivity index (χ1v) is 12.7. The smallest absolute Gasteiger partial charge is 0.253 e. The Kier molecular flexibility index (Phi) is 7.51. The molecule has 4 atom stereocenters. The summed E-state index contributed by atoms with van der Waals surface area (Å²) in [5.74, 6) is 0.479. The second-order valence-corrected chi connectivity index (χ2v) is 10.6. The number of carbonyl (C=O) groups is 1. The van der Waals surface area contributed by atoms with Gasteiger partial charge in [0.1, 0.15) is 11.1 Å². The van der Waals surface area contributed by atoms with Crippen LogP contribution in [0.5, 0.6) is 11.5 Å². The van der Waals surface area contributed by atoms with Crippen LogP contribution < -0.4 is 14.4 Å². The molecule has 0 spiro atoms. The molecule has 2 aliphatic heterocycles. The SMILES string of the molecule is CCc1nnc(N2CC(Oc3cc([C@@H]4CN(C(=O)[C@@H](O)CO)C[C@@]4(C)[C@@H](C)O)ccc3OC)C2)s1. The lowest BCUT2D eigenvalue weighted by Gasteiger charge is -2.39. The number of hydrogen-bond acceptors (Lipinski definition) is 10. The fourth-order valence-corrected chi connectivity index (χ4v) is 5.54. The van der Waals surface area contributed by atoms with Crippen LogP contribution in [0, 0.1) is 5.41 Å². The lowest BCUT2D eigenvalue weighted by Crippen LogP contribution is -2.54. The highest BCUT2D eigenvalue weighted by Crippen LogP contribution is 2.47. The number of methoxy groups -OCH3 is 1. The number of likely N-dealkylation sites (tertiary alicyclic amines) is 1. The summed E-state index contributed by atoms with van der Waals surface area (Å²) < 4.78 is 11.8. The van der Waals surface area contributed by atoms with E-state index < -0.39 is 30.1 Å². The second kappa shape index (κ2) is 10.3. The zero-order chi connectivity index (χ0) is 25.3. The summed E-state index contributed by atoms with van der Waals surface area (Å²) in [6, 6.07) is 5.69. The number of amides is 1. The summed E-state index contributed by atoms with van der Waals surface area (Å²) >= 11 is 1.59. The maximum Gasteiger partial charge on any atom is 0.253 e. The van der Waals surface area contributed by atoms with Crippen LogP contribution in [0.3, 0.4) is 0 Å². The molecular weight excluding hydrogens is 472 g/mol. The first-order chi connectivity index (χ1) is 16.7. The van der Waals surface area contributed by atoms with Crippen molar-refractivity contribution < 1.29 is 29.6 Å². The number of nitrogens with zero attached hydrogens (tertiary/aromatic N) is 4. The third-order valence-electron chi connectivity index (χ3n) is 7.22. The van der Waals surface area contributed by atoms with Crippen LogP contribution in [0.25, 0.3) is 0 Å². The van der Waals surface area contributed by atoms with E-state index in [1.54, 1.807) is 25.4 Å². The normalized spacial score (nSPS) is 24.3. The zero-order valence-corrected chi connectivity index (χ0v) is 21.4. The van der Waals surface area contributed by atoms with Crippen LogP contribution >= 0.6 is 11.3 Å². The lowest BCUT2D eigenvalue weighted by atomic mass is 9.72. The van der Waals surface area contributed by atoms with Crippen LogP contribution in [-0.2, 0) is 11.2 Å². The summed E-state index contributed by atoms with van der Waals surface area (Å²) in [5, 5.41) is 40.1. The number of anilines is 1. The molecule has 2 aliphatic rings. The van der Waals surface area contributed by atoms with Crippen molar-refractivity contribution in [3.8, 4) is 11.5 Å². The number of rotatable bonds is 9. The van der Waals surface area contributed by atoms with E-state index in [9.17, 15) is 20.1 Å². The highest BCUT2D eigenvalue weighted by Gasteiger charge is 2.49. The molecular formula is C24H34N4O6S. The van der Waals surface area contributed by atoms with E-state index in [1.807, 2.05) is 25.1 Å². The molecule has 192 valence electrons. The average Bonchev–Trinajstić information content (AvgIpc) is 3.45. The van der Waals surface area contributed by atoms with Gasteiger partial charge in [-0.15, -0.1) is 10.2 Å². The van der Waals surface area contributed by atoms with Crippen molar-refractivity contribution in [2.75, 3.05) is 44.8 Å². The summed E-state index contributed by atoms with van der Waals surface area (Å²) in [6.45, 7) is 7.05. The molecule has 1 aromatic carbocycles. The van der Waals surface area contributed by atoms with Crippen LogP contribution in [0.15, 0.2) is 18.2 Å². The third kappa shape index (κ3) is 4.95. The average molecular weight is 507 g/mol. The lowest BCUT2D eigenvalue weighted by molar-refractivity contribution is -0.141. The van der Waals surface area contributed by atoms with Gasteiger partial charge in [0.2, 0.25) is 5.13 Å². The molecule has 3 heterocycles. The van der Waals surface area contributed by atoms with Crippen molar-refractivity contribution in [3.63, 3.8) is 0 Å². The number of aliphatic hydroxyl groups is 3. The highest BCUT2D eigenvalue weighted by molar-refractivity contribution is 7.15. The first kappa shape index (κ1) is 25.6. The summed E-state index contributed by atoms with van der Waals surface area (Å²) in [5.41, 5.74) is 0.268. The Labute approximate surface area is 209 Å². The number of carbonyl (C=O) groups excluding carboxylic acids is 1. The topological polar surface area (TPSA) is 128 Å². The number of hydrogen-bond donors (Lipinski definition) is 3.